The average molecular weight is 338 g/mol. The molecule has 4 atom stereocenters. The van der Waals surface area contributed by atoms with Gasteiger partial charge in [0.25, 0.3) is 0 Å². The minimum absolute atomic E-state index is 0.0743. The molecule has 5 rings (SSSR count). The molecule has 0 radical (unpaired) electrons. The SMILES string of the molecule is C=C1CCCO[C@@]12CC[C@H]1[C@@H]3CCC4=C(CCC(=O)C4)C3=CC[C@@]12C. The van der Waals surface area contributed by atoms with Crippen molar-refractivity contribution in [1.29, 1.82) is 0 Å². The molecule has 1 aliphatic heterocycles. The van der Waals surface area contributed by atoms with Crippen molar-refractivity contribution in [3.8, 4) is 0 Å². The Hall–Kier alpha value is -1.15. The fraction of sp³-hybridized carbons (Fsp3) is 0.696. The van der Waals surface area contributed by atoms with E-state index in [-0.39, 0.29) is 11.0 Å². The number of hydrogen-bond donors (Lipinski definition) is 0. The number of carbonyl (C=O) groups is 1. The Bertz CT molecular complexity index is 712. The molecule has 0 unspecified atom stereocenters. The van der Waals surface area contributed by atoms with E-state index in [9.17, 15) is 4.79 Å². The third-order valence-corrected chi connectivity index (χ3v) is 8.32. The lowest BCUT2D eigenvalue weighted by Crippen LogP contribution is -2.53. The van der Waals surface area contributed by atoms with Gasteiger partial charge in [-0.3, -0.25) is 4.79 Å². The summed E-state index contributed by atoms with van der Waals surface area (Å²) in [7, 11) is 0. The summed E-state index contributed by atoms with van der Waals surface area (Å²) in [4.78, 5) is 11.9. The number of carbonyl (C=O) groups excluding carboxylic acids is 1. The second-order valence-electron chi connectivity index (χ2n) is 9.25. The number of ether oxygens (including phenoxy) is 1. The van der Waals surface area contributed by atoms with Crippen LogP contribution < -0.4 is 0 Å². The quantitative estimate of drug-likeness (QED) is 0.560. The fourth-order valence-corrected chi connectivity index (χ4v) is 7.06. The summed E-state index contributed by atoms with van der Waals surface area (Å²) in [6, 6.07) is 0. The van der Waals surface area contributed by atoms with Crippen molar-refractivity contribution >= 4 is 5.78 Å². The van der Waals surface area contributed by atoms with Gasteiger partial charge in [-0.15, -0.1) is 0 Å². The Labute approximate surface area is 151 Å². The molecule has 2 nitrogen and oxygen atoms in total. The molecule has 0 aromatic rings. The summed E-state index contributed by atoms with van der Waals surface area (Å²) in [5.41, 5.74) is 6.15. The molecule has 0 aromatic carbocycles. The Morgan fingerprint density at radius 1 is 1.20 bits per heavy atom. The zero-order valence-electron chi connectivity index (χ0n) is 15.5. The lowest BCUT2D eigenvalue weighted by molar-refractivity contribution is -0.120. The van der Waals surface area contributed by atoms with Crippen LogP contribution in [0, 0.1) is 17.3 Å². The molecule has 0 aromatic heterocycles. The molecular weight excluding hydrogens is 308 g/mol. The van der Waals surface area contributed by atoms with E-state index in [1.54, 1.807) is 11.1 Å². The first-order valence-corrected chi connectivity index (χ1v) is 10.3. The monoisotopic (exact) mass is 338 g/mol. The van der Waals surface area contributed by atoms with Crippen molar-refractivity contribution in [2.24, 2.45) is 17.3 Å². The van der Waals surface area contributed by atoms with Gasteiger partial charge in [-0.1, -0.05) is 25.2 Å². The Balaban J connectivity index is 1.54. The van der Waals surface area contributed by atoms with Gasteiger partial charge in [-0.25, -0.2) is 0 Å². The minimum Gasteiger partial charge on any atom is -0.370 e. The Morgan fingerprint density at radius 2 is 2.08 bits per heavy atom. The van der Waals surface area contributed by atoms with Crippen LogP contribution in [0.5, 0.6) is 0 Å². The minimum atomic E-state index is -0.0743. The molecule has 0 N–H and O–H groups in total. The number of allylic oxidation sites excluding steroid dienone is 4. The van der Waals surface area contributed by atoms with Gasteiger partial charge < -0.3 is 4.74 Å². The van der Waals surface area contributed by atoms with Crippen LogP contribution in [0.25, 0.3) is 0 Å². The molecule has 0 bridgehead atoms. The number of rotatable bonds is 0. The third-order valence-electron chi connectivity index (χ3n) is 8.32. The predicted molar refractivity (Wildman–Crippen MR) is 99.2 cm³/mol. The van der Waals surface area contributed by atoms with Crippen LogP contribution in [0.1, 0.15) is 71.1 Å². The highest BCUT2D eigenvalue weighted by atomic mass is 16.5. The summed E-state index contributed by atoms with van der Waals surface area (Å²) >= 11 is 0. The van der Waals surface area contributed by atoms with Crippen molar-refractivity contribution in [3.05, 3.63) is 34.9 Å². The van der Waals surface area contributed by atoms with Gasteiger partial charge in [-0.2, -0.15) is 0 Å². The van der Waals surface area contributed by atoms with Crippen LogP contribution in [-0.2, 0) is 9.53 Å². The molecule has 25 heavy (non-hydrogen) atoms. The van der Waals surface area contributed by atoms with Crippen LogP contribution in [0.2, 0.25) is 0 Å². The molecule has 0 amide bonds. The van der Waals surface area contributed by atoms with Gasteiger partial charge in [0, 0.05) is 24.9 Å². The summed E-state index contributed by atoms with van der Waals surface area (Å²) in [5.74, 6) is 1.85. The van der Waals surface area contributed by atoms with Gasteiger partial charge in [0.05, 0.1) is 5.60 Å². The topological polar surface area (TPSA) is 26.3 Å². The molecule has 2 heteroatoms. The molecule has 1 spiro atoms. The normalized spacial score (nSPS) is 43.6. The first-order chi connectivity index (χ1) is 12.1. The van der Waals surface area contributed by atoms with Crippen LogP contribution in [0.3, 0.4) is 0 Å². The number of fused-ring (bicyclic) bond motifs is 5. The first kappa shape index (κ1) is 16.1. The standard InChI is InChI=1S/C23H30O2/c1-15-4-3-13-25-23(15)12-10-21-20-7-5-16-14-17(24)6-8-18(16)19(20)9-11-22(21,23)2/h9,20-21H,1,3-8,10-14H2,2H3/t20-,21+,22+,23+/m1/s1. The summed E-state index contributed by atoms with van der Waals surface area (Å²) < 4.78 is 6.53. The van der Waals surface area contributed by atoms with Crippen LogP contribution in [0.15, 0.2) is 34.9 Å². The smallest absolute Gasteiger partial charge is 0.137 e. The van der Waals surface area contributed by atoms with Gasteiger partial charge in [0.2, 0.25) is 0 Å². The van der Waals surface area contributed by atoms with Gasteiger partial charge >= 0.3 is 0 Å². The van der Waals surface area contributed by atoms with Gasteiger partial charge in [0.1, 0.15) is 5.78 Å². The van der Waals surface area contributed by atoms with E-state index >= 15 is 0 Å². The van der Waals surface area contributed by atoms with Gasteiger partial charge in [0.15, 0.2) is 0 Å². The molecule has 4 aliphatic carbocycles. The van der Waals surface area contributed by atoms with Crippen LogP contribution in [-0.4, -0.2) is 18.0 Å². The van der Waals surface area contributed by atoms with Crippen molar-refractivity contribution in [2.45, 2.75) is 76.7 Å². The molecule has 5 aliphatic rings. The second-order valence-corrected chi connectivity index (χ2v) is 9.25. The zero-order valence-corrected chi connectivity index (χ0v) is 15.5. The average Bonchev–Trinajstić information content (AvgIpc) is 2.90. The summed E-state index contributed by atoms with van der Waals surface area (Å²) in [5, 5.41) is 0. The lowest BCUT2D eigenvalue weighted by Gasteiger charge is -2.54. The lowest BCUT2D eigenvalue weighted by atomic mass is 9.55. The van der Waals surface area contributed by atoms with Crippen LogP contribution >= 0.6 is 0 Å². The third kappa shape index (κ3) is 2.04. The Kier molecular flexibility index (Phi) is 3.48. The maximum atomic E-state index is 11.9. The molecule has 1 heterocycles. The van der Waals surface area contributed by atoms with E-state index < -0.39 is 0 Å². The van der Waals surface area contributed by atoms with E-state index in [0.717, 1.165) is 58.0 Å². The van der Waals surface area contributed by atoms with E-state index in [2.05, 4.69) is 19.6 Å². The molecule has 2 fully saturated rings. The van der Waals surface area contributed by atoms with Crippen molar-refractivity contribution < 1.29 is 9.53 Å². The van der Waals surface area contributed by atoms with Crippen LogP contribution in [0.4, 0.5) is 0 Å². The summed E-state index contributed by atoms with van der Waals surface area (Å²) in [6.45, 7) is 7.86. The first-order valence-electron chi connectivity index (χ1n) is 10.3. The maximum absolute atomic E-state index is 11.9. The summed E-state index contributed by atoms with van der Waals surface area (Å²) in [6.07, 6.45) is 13.2. The second kappa shape index (κ2) is 5.42. The highest BCUT2D eigenvalue weighted by molar-refractivity contribution is 5.83. The van der Waals surface area contributed by atoms with E-state index in [1.807, 2.05) is 0 Å². The van der Waals surface area contributed by atoms with Crippen molar-refractivity contribution in [2.75, 3.05) is 6.61 Å². The van der Waals surface area contributed by atoms with Crippen molar-refractivity contribution in [1.82, 2.24) is 0 Å². The molecule has 1 saturated carbocycles. The van der Waals surface area contributed by atoms with E-state index in [0.29, 0.717) is 17.6 Å². The number of hydrogen-bond acceptors (Lipinski definition) is 2. The van der Waals surface area contributed by atoms with E-state index in [4.69, 9.17) is 4.74 Å². The molecular formula is C23H30O2. The van der Waals surface area contributed by atoms with E-state index in [1.165, 1.54) is 24.0 Å². The maximum Gasteiger partial charge on any atom is 0.137 e. The Morgan fingerprint density at radius 3 is 2.92 bits per heavy atom. The van der Waals surface area contributed by atoms with Crippen molar-refractivity contribution in [3.63, 3.8) is 0 Å². The predicted octanol–water partition coefficient (Wildman–Crippen LogP) is 5.30. The fourth-order valence-electron chi connectivity index (χ4n) is 7.06. The number of Topliss-reactive ketones (excluding diaryl/α,β-unsaturated/α-hetero) is 1. The highest BCUT2D eigenvalue weighted by Gasteiger charge is 2.62. The zero-order chi connectivity index (χ0) is 17.2. The molecule has 1 saturated heterocycles. The number of ketones is 1. The van der Waals surface area contributed by atoms with Gasteiger partial charge in [-0.05, 0) is 79.9 Å². The largest absolute Gasteiger partial charge is 0.370 e. The molecule has 134 valence electrons. The highest BCUT2D eigenvalue weighted by Crippen LogP contribution is 2.66.